The van der Waals surface area contributed by atoms with Crippen LogP contribution in [0.15, 0.2) is 42.6 Å². The van der Waals surface area contributed by atoms with Crippen LogP contribution >= 0.6 is 0 Å². The summed E-state index contributed by atoms with van der Waals surface area (Å²) in [5.41, 5.74) is 0.848. The summed E-state index contributed by atoms with van der Waals surface area (Å²) in [5.74, 6) is -0.446. The first kappa shape index (κ1) is 15.0. The van der Waals surface area contributed by atoms with Gasteiger partial charge in [0.25, 0.3) is 5.91 Å². The van der Waals surface area contributed by atoms with E-state index in [1.807, 2.05) is 19.9 Å². The average Bonchev–Trinajstić information content (AvgIpc) is 2.46. The van der Waals surface area contributed by atoms with Crippen LogP contribution in [0, 0.1) is 5.82 Å². The van der Waals surface area contributed by atoms with Gasteiger partial charge in [-0.25, -0.2) is 9.37 Å². The molecule has 1 heterocycles. The smallest absolute Gasteiger partial charge is 0.254 e. The molecule has 1 aromatic carbocycles. The number of ether oxygens (including phenoxy) is 1. The molecule has 1 N–H and O–H groups in total. The summed E-state index contributed by atoms with van der Waals surface area (Å²) in [6.07, 6.45) is 1.68. The molecular weight excluding hydrogens is 271 g/mol. The summed E-state index contributed by atoms with van der Waals surface area (Å²) in [4.78, 5) is 16.0. The van der Waals surface area contributed by atoms with E-state index < -0.39 is 11.7 Å². The third-order valence-corrected chi connectivity index (χ3v) is 2.73. The second-order valence-corrected chi connectivity index (χ2v) is 4.83. The van der Waals surface area contributed by atoms with E-state index in [1.54, 1.807) is 24.4 Å². The second-order valence-electron chi connectivity index (χ2n) is 4.83. The highest BCUT2D eigenvalue weighted by atomic mass is 19.1. The number of aromatic nitrogens is 1. The third-order valence-electron chi connectivity index (χ3n) is 2.73. The third kappa shape index (κ3) is 4.27. The van der Waals surface area contributed by atoms with Crippen molar-refractivity contribution in [3.63, 3.8) is 0 Å². The molecule has 5 heteroatoms. The molecule has 0 aliphatic rings. The maximum Gasteiger partial charge on any atom is 0.254 e. The van der Waals surface area contributed by atoms with Gasteiger partial charge in [-0.15, -0.1) is 0 Å². The number of carbonyl (C=O) groups is 1. The largest absolute Gasteiger partial charge is 0.475 e. The van der Waals surface area contributed by atoms with Crippen molar-refractivity contribution in [3.05, 3.63) is 59.5 Å². The highest BCUT2D eigenvalue weighted by molar-refractivity contribution is 5.94. The molecule has 0 unspecified atom stereocenters. The predicted molar refractivity (Wildman–Crippen MR) is 77.6 cm³/mol. The Balaban J connectivity index is 1.94. The van der Waals surface area contributed by atoms with Crippen LogP contribution < -0.4 is 10.1 Å². The Morgan fingerprint density at radius 1 is 1.29 bits per heavy atom. The van der Waals surface area contributed by atoms with Crippen LogP contribution in [0.25, 0.3) is 0 Å². The molecule has 0 saturated heterocycles. The zero-order valence-electron chi connectivity index (χ0n) is 12.0. The van der Waals surface area contributed by atoms with E-state index in [9.17, 15) is 9.18 Å². The van der Waals surface area contributed by atoms with Gasteiger partial charge < -0.3 is 10.1 Å². The lowest BCUT2D eigenvalue weighted by molar-refractivity contribution is 0.0947. The van der Waals surface area contributed by atoms with Crippen molar-refractivity contribution in [1.29, 1.82) is 0 Å². The predicted octanol–water partition coefficient (Wildman–Crippen LogP) is 2.94. The Morgan fingerprint density at radius 2 is 2.05 bits per heavy atom. The van der Waals surface area contributed by atoms with Crippen molar-refractivity contribution in [2.75, 3.05) is 0 Å². The van der Waals surface area contributed by atoms with Crippen molar-refractivity contribution in [1.82, 2.24) is 10.3 Å². The molecule has 110 valence electrons. The molecule has 0 saturated carbocycles. The maximum absolute atomic E-state index is 13.5. The molecule has 0 bridgehead atoms. The maximum atomic E-state index is 13.5. The van der Waals surface area contributed by atoms with Crippen molar-refractivity contribution >= 4 is 5.91 Å². The number of pyridine rings is 1. The van der Waals surface area contributed by atoms with Gasteiger partial charge in [0, 0.05) is 18.8 Å². The molecular formula is C16H17FN2O2. The van der Waals surface area contributed by atoms with Gasteiger partial charge in [-0.3, -0.25) is 4.79 Å². The number of benzene rings is 1. The molecule has 0 aliphatic heterocycles. The van der Waals surface area contributed by atoms with Crippen molar-refractivity contribution in [2.24, 2.45) is 0 Å². The highest BCUT2D eigenvalue weighted by Gasteiger charge is 2.10. The Bertz CT molecular complexity index is 612. The number of halogens is 1. The standard InChI is InChI=1S/C16H17FN2O2/c1-11(2)21-15-8-7-12(9-18-15)10-19-16(20)13-5-3-4-6-14(13)17/h3-9,11H,10H2,1-2H3,(H,19,20). The molecule has 4 nitrogen and oxygen atoms in total. The summed E-state index contributed by atoms with van der Waals surface area (Å²) in [5, 5.41) is 2.66. The topological polar surface area (TPSA) is 51.2 Å². The minimum Gasteiger partial charge on any atom is -0.475 e. The van der Waals surface area contributed by atoms with Gasteiger partial charge in [0.2, 0.25) is 5.88 Å². The lowest BCUT2D eigenvalue weighted by atomic mass is 10.2. The quantitative estimate of drug-likeness (QED) is 0.920. The molecule has 0 aliphatic carbocycles. The molecule has 2 rings (SSSR count). The zero-order valence-corrected chi connectivity index (χ0v) is 12.0. The summed E-state index contributed by atoms with van der Waals surface area (Å²) in [6.45, 7) is 4.12. The normalized spacial score (nSPS) is 10.5. The number of amides is 1. The Labute approximate surface area is 123 Å². The van der Waals surface area contributed by atoms with Crippen molar-refractivity contribution in [3.8, 4) is 5.88 Å². The number of carbonyl (C=O) groups excluding carboxylic acids is 1. The van der Waals surface area contributed by atoms with Crippen LogP contribution in [0.2, 0.25) is 0 Å². The second kappa shape index (κ2) is 6.83. The first-order chi connectivity index (χ1) is 10.1. The number of hydrogen-bond acceptors (Lipinski definition) is 3. The van der Waals surface area contributed by atoms with Crippen molar-refractivity contribution < 1.29 is 13.9 Å². The van der Waals surface area contributed by atoms with Crippen LogP contribution in [0.5, 0.6) is 5.88 Å². The van der Waals surface area contributed by atoms with Crippen LogP contribution in [-0.2, 0) is 6.54 Å². The van der Waals surface area contributed by atoms with E-state index in [0.717, 1.165) is 5.56 Å². The molecule has 0 radical (unpaired) electrons. The molecule has 0 spiro atoms. The molecule has 21 heavy (non-hydrogen) atoms. The SMILES string of the molecule is CC(C)Oc1ccc(CNC(=O)c2ccccc2F)cn1. The number of nitrogens with zero attached hydrogens (tertiary/aromatic N) is 1. The molecule has 1 aromatic heterocycles. The van der Waals surface area contributed by atoms with E-state index in [4.69, 9.17) is 4.74 Å². The highest BCUT2D eigenvalue weighted by Crippen LogP contribution is 2.10. The summed E-state index contributed by atoms with van der Waals surface area (Å²) in [6, 6.07) is 9.43. The van der Waals surface area contributed by atoms with Gasteiger partial charge >= 0.3 is 0 Å². The van der Waals surface area contributed by atoms with Gasteiger partial charge in [0.15, 0.2) is 0 Å². The zero-order chi connectivity index (χ0) is 15.2. The Hall–Kier alpha value is -2.43. The number of rotatable bonds is 5. The van der Waals surface area contributed by atoms with Gasteiger partial charge in [-0.05, 0) is 31.5 Å². The first-order valence-corrected chi connectivity index (χ1v) is 6.70. The van der Waals surface area contributed by atoms with Gasteiger partial charge in [0.1, 0.15) is 5.82 Å². The van der Waals surface area contributed by atoms with Gasteiger partial charge in [-0.2, -0.15) is 0 Å². The monoisotopic (exact) mass is 288 g/mol. The van der Waals surface area contributed by atoms with E-state index in [1.165, 1.54) is 12.1 Å². The van der Waals surface area contributed by atoms with E-state index >= 15 is 0 Å². The van der Waals surface area contributed by atoms with Gasteiger partial charge in [-0.1, -0.05) is 18.2 Å². The van der Waals surface area contributed by atoms with E-state index in [-0.39, 0.29) is 18.2 Å². The number of hydrogen-bond donors (Lipinski definition) is 1. The van der Waals surface area contributed by atoms with Gasteiger partial charge in [0.05, 0.1) is 11.7 Å². The van der Waals surface area contributed by atoms with Crippen molar-refractivity contribution in [2.45, 2.75) is 26.5 Å². The fourth-order valence-corrected chi connectivity index (χ4v) is 1.75. The molecule has 1 amide bonds. The molecule has 2 aromatic rings. The van der Waals surface area contributed by atoms with Crippen LogP contribution in [-0.4, -0.2) is 17.0 Å². The minimum absolute atomic E-state index is 0.0326. The van der Waals surface area contributed by atoms with E-state index in [0.29, 0.717) is 5.88 Å². The average molecular weight is 288 g/mol. The lowest BCUT2D eigenvalue weighted by Crippen LogP contribution is -2.23. The summed E-state index contributed by atoms with van der Waals surface area (Å²) >= 11 is 0. The summed E-state index contributed by atoms with van der Waals surface area (Å²) < 4.78 is 18.9. The van der Waals surface area contributed by atoms with Crippen LogP contribution in [0.4, 0.5) is 4.39 Å². The summed E-state index contributed by atoms with van der Waals surface area (Å²) in [7, 11) is 0. The molecule has 0 atom stereocenters. The lowest BCUT2D eigenvalue weighted by Gasteiger charge is -2.09. The van der Waals surface area contributed by atoms with Crippen LogP contribution in [0.3, 0.4) is 0 Å². The Morgan fingerprint density at radius 3 is 2.67 bits per heavy atom. The first-order valence-electron chi connectivity index (χ1n) is 6.70. The minimum atomic E-state index is -0.534. The molecule has 0 fully saturated rings. The fraction of sp³-hybridized carbons (Fsp3) is 0.250. The fourth-order valence-electron chi connectivity index (χ4n) is 1.75. The van der Waals surface area contributed by atoms with Crippen LogP contribution in [0.1, 0.15) is 29.8 Å². The Kier molecular flexibility index (Phi) is 4.87. The van der Waals surface area contributed by atoms with E-state index in [2.05, 4.69) is 10.3 Å². The number of nitrogens with one attached hydrogen (secondary N) is 1.